The van der Waals surface area contributed by atoms with Crippen molar-refractivity contribution in [2.24, 2.45) is 5.41 Å². The number of hydrogen-bond donors (Lipinski definition) is 0. The minimum Gasteiger partial charge on any atom is -0.443 e. The Kier molecular flexibility index (Phi) is 6.21. The van der Waals surface area contributed by atoms with E-state index >= 15 is 0 Å². The van der Waals surface area contributed by atoms with Gasteiger partial charge in [0, 0.05) is 6.42 Å². The summed E-state index contributed by atoms with van der Waals surface area (Å²) >= 11 is 0. The van der Waals surface area contributed by atoms with Crippen molar-refractivity contribution in [3.05, 3.63) is 0 Å². The van der Waals surface area contributed by atoms with Gasteiger partial charge in [-0.15, -0.1) is 0 Å². The lowest BCUT2D eigenvalue weighted by atomic mass is 9.79. The average molecular weight is 386 g/mol. The van der Waals surface area contributed by atoms with Crippen molar-refractivity contribution in [2.75, 3.05) is 6.61 Å². The highest BCUT2D eigenvalue weighted by molar-refractivity contribution is 6.74. The molecule has 0 unspecified atom stereocenters. The molecule has 26 heavy (non-hydrogen) atoms. The van der Waals surface area contributed by atoms with Gasteiger partial charge in [0.2, 0.25) is 5.91 Å². The zero-order chi connectivity index (χ0) is 20.7. The van der Waals surface area contributed by atoms with Gasteiger partial charge in [-0.05, 0) is 52.8 Å². The molecule has 2 amide bonds. The predicted molar refractivity (Wildman–Crippen MR) is 103 cm³/mol. The third-order valence-corrected chi connectivity index (χ3v) is 9.77. The summed E-state index contributed by atoms with van der Waals surface area (Å²) in [6, 6.07) is -0.632. The molecule has 0 spiro atoms. The quantitative estimate of drug-likeness (QED) is 0.539. The van der Waals surface area contributed by atoms with Gasteiger partial charge < -0.3 is 9.16 Å². The molecule has 0 aromatic heterocycles. The molecule has 0 radical (unpaired) electrons. The van der Waals surface area contributed by atoms with Crippen molar-refractivity contribution in [2.45, 2.75) is 91.6 Å². The van der Waals surface area contributed by atoms with Crippen molar-refractivity contribution in [3.63, 3.8) is 0 Å². The Hall–Kier alpha value is -1.21. The molecule has 0 aliphatic carbocycles. The zero-order valence-corrected chi connectivity index (χ0v) is 19.0. The Morgan fingerprint density at radius 3 is 2.08 bits per heavy atom. The number of carbonyl (C=O) groups excluding carboxylic acids is 3. The second kappa shape index (κ2) is 7.07. The monoisotopic (exact) mass is 385 g/mol. The number of likely N-dealkylation sites (tertiary alicyclic amines) is 1. The zero-order valence-electron chi connectivity index (χ0n) is 18.0. The molecular formula is C19H35NO5Si. The molecule has 1 fully saturated rings. The second-order valence-electron chi connectivity index (χ2n) is 10.1. The Bertz CT molecular complexity index is 584. The van der Waals surface area contributed by atoms with Gasteiger partial charge in [0.25, 0.3) is 0 Å². The third-order valence-electron chi connectivity index (χ3n) is 5.27. The number of ether oxygens (including phenoxy) is 1. The Morgan fingerprint density at radius 1 is 1.15 bits per heavy atom. The van der Waals surface area contributed by atoms with Gasteiger partial charge in [0.1, 0.15) is 16.8 Å². The van der Waals surface area contributed by atoms with E-state index < -0.39 is 37.4 Å². The van der Waals surface area contributed by atoms with Crippen LogP contribution in [-0.4, -0.2) is 49.3 Å². The molecule has 0 bridgehead atoms. The molecule has 0 N–H and O–H groups in total. The highest BCUT2D eigenvalue weighted by Crippen LogP contribution is 2.38. The standard InChI is InChI=1S/C19H35NO5Si/c1-17(2,3)25-16(23)20-13(11-14(21)19(7,8)15(20)22)12-24-26(9,10)18(4,5)6/h13H,11-12H2,1-10H3/t13-/m0/s1. The maximum absolute atomic E-state index is 12.9. The lowest BCUT2D eigenvalue weighted by Gasteiger charge is -2.43. The molecule has 1 aliphatic heterocycles. The number of Topliss-reactive ketones (excluding diaryl/α,β-unsaturated/α-hetero) is 1. The van der Waals surface area contributed by atoms with Crippen molar-refractivity contribution < 1.29 is 23.5 Å². The summed E-state index contributed by atoms with van der Waals surface area (Å²) in [7, 11) is -2.08. The van der Waals surface area contributed by atoms with Crippen LogP contribution in [0.1, 0.15) is 61.8 Å². The van der Waals surface area contributed by atoms with Gasteiger partial charge >= 0.3 is 6.09 Å². The molecular weight excluding hydrogens is 350 g/mol. The van der Waals surface area contributed by atoms with E-state index in [2.05, 4.69) is 33.9 Å². The predicted octanol–water partition coefficient (Wildman–Crippen LogP) is 4.14. The molecule has 0 saturated carbocycles. The van der Waals surface area contributed by atoms with Crippen LogP contribution in [0.2, 0.25) is 18.1 Å². The first-order chi connectivity index (χ1) is 11.4. The molecule has 0 aromatic rings. The average Bonchev–Trinajstić information content (AvgIpc) is 2.39. The van der Waals surface area contributed by atoms with E-state index in [9.17, 15) is 14.4 Å². The maximum Gasteiger partial charge on any atom is 0.417 e. The minimum absolute atomic E-state index is 0.00823. The molecule has 6 nitrogen and oxygen atoms in total. The summed E-state index contributed by atoms with van der Waals surface area (Å²) in [6.07, 6.45) is -0.626. The van der Waals surface area contributed by atoms with Crippen LogP contribution >= 0.6 is 0 Å². The number of piperidine rings is 1. The summed E-state index contributed by atoms with van der Waals surface area (Å²) in [5.74, 6) is -0.696. The molecule has 1 atom stereocenters. The van der Waals surface area contributed by atoms with Crippen molar-refractivity contribution in [3.8, 4) is 0 Å². The van der Waals surface area contributed by atoms with Crippen LogP contribution in [0.4, 0.5) is 4.79 Å². The topological polar surface area (TPSA) is 72.9 Å². The maximum atomic E-state index is 12.9. The molecule has 1 saturated heterocycles. The van der Waals surface area contributed by atoms with Gasteiger partial charge in [0.05, 0.1) is 12.6 Å². The summed E-state index contributed by atoms with van der Waals surface area (Å²) in [4.78, 5) is 39.1. The number of nitrogens with zero attached hydrogens (tertiary/aromatic N) is 1. The van der Waals surface area contributed by atoms with Gasteiger partial charge in [0.15, 0.2) is 8.32 Å². The largest absolute Gasteiger partial charge is 0.443 e. The van der Waals surface area contributed by atoms with Crippen LogP contribution in [0.3, 0.4) is 0 Å². The van der Waals surface area contributed by atoms with E-state index in [0.717, 1.165) is 4.90 Å². The normalized spacial score (nSPS) is 21.8. The summed E-state index contributed by atoms with van der Waals surface area (Å²) in [6.45, 7) is 19.1. The molecule has 1 aliphatic rings. The first kappa shape index (κ1) is 22.8. The van der Waals surface area contributed by atoms with E-state index in [1.165, 1.54) is 0 Å². The fourth-order valence-electron chi connectivity index (χ4n) is 2.34. The number of ketones is 1. The smallest absolute Gasteiger partial charge is 0.417 e. The van der Waals surface area contributed by atoms with E-state index in [1.54, 1.807) is 34.6 Å². The Morgan fingerprint density at radius 2 is 1.65 bits per heavy atom. The third kappa shape index (κ3) is 4.94. The number of imide groups is 1. The fourth-order valence-corrected chi connectivity index (χ4v) is 3.39. The van der Waals surface area contributed by atoms with Crippen LogP contribution in [0.5, 0.6) is 0 Å². The minimum atomic E-state index is -2.08. The highest BCUT2D eigenvalue weighted by atomic mass is 28.4. The molecule has 7 heteroatoms. The van der Waals surface area contributed by atoms with Crippen LogP contribution in [-0.2, 0) is 18.8 Å². The lowest BCUT2D eigenvalue weighted by molar-refractivity contribution is -0.155. The van der Waals surface area contributed by atoms with Gasteiger partial charge in [-0.25, -0.2) is 9.69 Å². The van der Waals surface area contributed by atoms with Gasteiger partial charge in [-0.3, -0.25) is 9.59 Å². The van der Waals surface area contributed by atoms with E-state index in [-0.39, 0.29) is 23.8 Å². The number of rotatable bonds is 3. The van der Waals surface area contributed by atoms with Crippen molar-refractivity contribution in [1.82, 2.24) is 4.90 Å². The van der Waals surface area contributed by atoms with E-state index in [0.29, 0.717) is 0 Å². The molecule has 0 aromatic carbocycles. The van der Waals surface area contributed by atoms with E-state index in [1.807, 2.05) is 0 Å². The first-order valence-corrected chi connectivity index (χ1v) is 12.0. The van der Waals surface area contributed by atoms with Crippen molar-refractivity contribution in [1.29, 1.82) is 0 Å². The second-order valence-corrected chi connectivity index (χ2v) is 14.9. The van der Waals surface area contributed by atoms with E-state index in [4.69, 9.17) is 9.16 Å². The first-order valence-electron chi connectivity index (χ1n) is 9.14. The lowest BCUT2D eigenvalue weighted by Crippen LogP contribution is -2.61. The number of hydrogen-bond acceptors (Lipinski definition) is 5. The van der Waals surface area contributed by atoms with Crippen LogP contribution in [0.25, 0.3) is 0 Å². The van der Waals surface area contributed by atoms with Gasteiger partial charge in [-0.2, -0.15) is 0 Å². The molecule has 1 heterocycles. The van der Waals surface area contributed by atoms with Crippen molar-refractivity contribution >= 4 is 26.1 Å². The summed E-state index contributed by atoms with van der Waals surface area (Å²) in [5.41, 5.74) is -1.96. The van der Waals surface area contributed by atoms with Gasteiger partial charge in [-0.1, -0.05) is 20.8 Å². The highest BCUT2D eigenvalue weighted by Gasteiger charge is 2.51. The SMILES string of the molecule is CC(C)(C)OC(=O)N1C(=O)C(C)(C)C(=O)C[C@H]1CO[Si](C)(C)C(C)(C)C. The fraction of sp³-hybridized carbons (Fsp3) is 0.842. The Balaban J connectivity index is 3.11. The van der Waals surface area contributed by atoms with Crippen LogP contribution in [0.15, 0.2) is 0 Å². The molecule has 150 valence electrons. The summed E-state index contributed by atoms with van der Waals surface area (Å²) < 4.78 is 11.6. The summed E-state index contributed by atoms with van der Waals surface area (Å²) in [5, 5.41) is -0.00823. The Labute approximate surface area is 158 Å². The van der Waals surface area contributed by atoms with Crippen LogP contribution < -0.4 is 0 Å². The number of carbonyl (C=O) groups is 3. The molecule has 1 rings (SSSR count). The van der Waals surface area contributed by atoms with Crippen LogP contribution in [0, 0.1) is 5.41 Å². The number of amides is 2.